The van der Waals surface area contributed by atoms with Crippen LogP contribution in [-0.4, -0.2) is 22.2 Å². The van der Waals surface area contributed by atoms with Gasteiger partial charge in [0.05, 0.1) is 5.69 Å². The SMILES string of the molecule is CCCC(Sc1ccccc1NC(=O)C1CCCC1)C(=O)O. The van der Waals surface area contributed by atoms with Crippen LogP contribution in [0.25, 0.3) is 0 Å². The predicted molar refractivity (Wildman–Crippen MR) is 89.2 cm³/mol. The second-order valence-corrected chi connectivity index (χ2v) is 6.94. The van der Waals surface area contributed by atoms with E-state index in [0.717, 1.165) is 42.7 Å². The average Bonchev–Trinajstić information content (AvgIpc) is 3.03. The number of aliphatic carboxylic acids is 1. The van der Waals surface area contributed by atoms with Crippen LogP contribution in [0.15, 0.2) is 29.2 Å². The topological polar surface area (TPSA) is 66.4 Å². The third-order valence-electron chi connectivity index (χ3n) is 3.97. The van der Waals surface area contributed by atoms with Crippen molar-refractivity contribution in [1.82, 2.24) is 0 Å². The summed E-state index contributed by atoms with van der Waals surface area (Å²) >= 11 is 1.32. The lowest BCUT2D eigenvalue weighted by Crippen LogP contribution is -2.21. The highest BCUT2D eigenvalue weighted by Gasteiger charge is 2.24. The van der Waals surface area contributed by atoms with E-state index in [4.69, 9.17) is 0 Å². The summed E-state index contributed by atoms with van der Waals surface area (Å²) in [5, 5.41) is 11.8. The molecule has 0 aliphatic heterocycles. The lowest BCUT2D eigenvalue weighted by Gasteiger charge is -2.16. The van der Waals surface area contributed by atoms with Gasteiger partial charge in [-0.2, -0.15) is 0 Å². The largest absolute Gasteiger partial charge is 0.480 e. The number of carbonyl (C=O) groups is 2. The summed E-state index contributed by atoms with van der Waals surface area (Å²) in [4.78, 5) is 24.4. The number of hydrogen-bond acceptors (Lipinski definition) is 3. The third-order valence-corrected chi connectivity index (χ3v) is 5.30. The van der Waals surface area contributed by atoms with E-state index in [1.807, 2.05) is 31.2 Å². The van der Waals surface area contributed by atoms with Crippen LogP contribution in [0.3, 0.4) is 0 Å². The number of carboxylic acids is 1. The highest BCUT2D eigenvalue weighted by atomic mass is 32.2. The zero-order valence-corrected chi connectivity index (χ0v) is 13.7. The lowest BCUT2D eigenvalue weighted by atomic mass is 10.1. The van der Waals surface area contributed by atoms with Crippen LogP contribution >= 0.6 is 11.8 Å². The molecule has 1 fully saturated rings. The molecule has 5 heteroatoms. The maximum atomic E-state index is 12.3. The van der Waals surface area contributed by atoms with E-state index in [2.05, 4.69) is 5.32 Å². The van der Waals surface area contributed by atoms with Crippen LogP contribution in [0.5, 0.6) is 0 Å². The molecule has 1 atom stereocenters. The minimum atomic E-state index is -0.802. The Hall–Kier alpha value is -1.49. The van der Waals surface area contributed by atoms with Crippen molar-refractivity contribution in [2.75, 3.05) is 5.32 Å². The summed E-state index contributed by atoms with van der Waals surface area (Å²) in [7, 11) is 0. The molecule has 1 unspecified atom stereocenters. The molecule has 0 spiro atoms. The van der Waals surface area contributed by atoms with Crippen molar-refractivity contribution in [3.8, 4) is 0 Å². The van der Waals surface area contributed by atoms with Crippen molar-refractivity contribution in [2.24, 2.45) is 5.92 Å². The first-order valence-electron chi connectivity index (χ1n) is 7.91. The quantitative estimate of drug-likeness (QED) is 0.740. The van der Waals surface area contributed by atoms with Crippen molar-refractivity contribution in [1.29, 1.82) is 0 Å². The molecule has 1 aromatic carbocycles. The Morgan fingerprint density at radius 3 is 2.64 bits per heavy atom. The van der Waals surface area contributed by atoms with Gasteiger partial charge < -0.3 is 10.4 Å². The summed E-state index contributed by atoms with van der Waals surface area (Å²) in [6, 6.07) is 7.46. The van der Waals surface area contributed by atoms with Crippen molar-refractivity contribution in [2.45, 2.75) is 55.6 Å². The van der Waals surface area contributed by atoms with Gasteiger partial charge >= 0.3 is 5.97 Å². The van der Waals surface area contributed by atoms with Gasteiger partial charge in [0.25, 0.3) is 0 Å². The fourth-order valence-corrected chi connectivity index (χ4v) is 3.91. The molecule has 2 N–H and O–H groups in total. The number of carboxylic acid groups (broad SMARTS) is 1. The number of thioether (sulfide) groups is 1. The zero-order chi connectivity index (χ0) is 15.9. The Balaban J connectivity index is 2.08. The fourth-order valence-electron chi connectivity index (χ4n) is 2.74. The van der Waals surface area contributed by atoms with Crippen LogP contribution in [0, 0.1) is 5.92 Å². The molecule has 0 bridgehead atoms. The second kappa shape index (κ2) is 8.22. The van der Waals surface area contributed by atoms with Crippen molar-refractivity contribution in [3.05, 3.63) is 24.3 Å². The summed E-state index contributed by atoms with van der Waals surface area (Å²) in [5.74, 6) is -0.638. The first kappa shape index (κ1) is 16.9. The van der Waals surface area contributed by atoms with E-state index < -0.39 is 11.2 Å². The van der Waals surface area contributed by atoms with Crippen LogP contribution < -0.4 is 5.32 Å². The summed E-state index contributed by atoms with van der Waals surface area (Å²) in [6.07, 6.45) is 5.58. The van der Waals surface area contributed by atoms with Gasteiger partial charge in [-0.1, -0.05) is 38.3 Å². The van der Waals surface area contributed by atoms with Crippen molar-refractivity contribution >= 4 is 29.3 Å². The maximum absolute atomic E-state index is 12.3. The fraction of sp³-hybridized carbons (Fsp3) is 0.529. The van der Waals surface area contributed by atoms with Crippen molar-refractivity contribution in [3.63, 3.8) is 0 Å². The van der Waals surface area contributed by atoms with Gasteiger partial charge in [0, 0.05) is 10.8 Å². The number of para-hydroxylation sites is 1. The second-order valence-electron chi connectivity index (χ2n) is 5.70. The number of nitrogens with one attached hydrogen (secondary N) is 1. The Morgan fingerprint density at radius 2 is 2.00 bits per heavy atom. The molecule has 1 amide bonds. The summed E-state index contributed by atoms with van der Waals surface area (Å²) in [5.41, 5.74) is 0.728. The Kier molecular flexibility index (Phi) is 6.31. The Morgan fingerprint density at radius 1 is 1.32 bits per heavy atom. The van der Waals surface area contributed by atoms with Gasteiger partial charge in [0.15, 0.2) is 0 Å². The molecule has 1 saturated carbocycles. The van der Waals surface area contributed by atoms with Crippen LogP contribution in [0.2, 0.25) is 0 Å². The lowest BCUT2D eigenvalue weighted by molar-refractivity contribution is -0.136. The molecule has 0 heterocycles. The molecule has 0 saturated heterocycles. The van der Waals surface area contributed by atoms with Crippen LogP contribution in [0.4, 0.5) is 5.69 Å². The first-order chi connectivity index (χ1) is 10.6. The molecular formula is C17H23NO3S. The molecular weight excluding hydrogens is 298 g/mol. The van der Waals surface area contributed by atoms with E-state index >= 15 is 0 Å². The molecule has 1 aliphatic rings. The predicted octanol–water partition coefficient (Wildman–Crippen LogP) is 4.16. The smallest absolute Gasteiger partial charge is 0.316 e. The van der Waals surface area contributed by atoms with Gasteiger partial charge in [0.2, 0.25) is 5.91 Å². The number of anilines is 1. The first-order valence-corrected chi connectivity index (χ1v) is 8.79. The number of carbonyl (C=O) groups excluding carboxylic acids is 1. The van der Waals surface area contributed by atoms with E-state index in [1.54, 1.807) is 0 Å². The van der Waals surface area contributed by atoms with E-state index in [1.165, 1.54) is 11.8 Å². The molecule has 1 aromatic rings. The van der Waals surface area contributed by atoms with Gasteiger partial charge in [-0.25, -0.2) is 0 Å². The Labute approximate surface area is 135 Å². The molecule has 0 radical (unpaired) electrons. The molecule has 22 heavy (non-hydrogen) atoms. The minimum absolute atomic E-state index is 0.0629. The highest BCUT2D eigenvalue weighted by Crippen LogP contribution is 2.34. The Bertz CT molecular complexity index is 526. The van der Waals surface area contributed by atoms with Crippen LogP contribution in [-0.2, 0) is 9.59 Å². The number of rotatable bonds is 7. The molecule has 1 aliphatic carbocycles. The summed E-state index contributed by atoms with van der Waals surface area (Å²) in [6.45, 7) is 1.98. The van der Waals surface area contributed by atoms with Crippen molar-refractivity contribution < 1.29 is 14.7 Å². The number of benzene rings is 1. The maximum Gasteiger partial charge on any atom is 0.316 e. The van der Waals surface area contributed by atoms with E-state index in [0.29, 0.717) is 6.42 Å². The summed E-state index contributed by atoms with van der Waals surface area (Å²) < 4.78 is 0. The average molecular weight is 321 g/mol. The number of amides is 1. The van der Waals surface area contributed by atoms with Gasteiger partial charge in [-0.05, 0) is 31.4 Å². The van der Waals surface area contributed by atoms with Gasteiger partial charge in [-0.3, -0.25) is 9.59 Å². The van der Waals surface area contributed by atoms with E-state index in [9.17, 15) is 14.7 Å². The number of hydrogen-bond donors (Lipinski definition) is 2. The standard InChI is InChI=1S/C17H23NO3S/c1-2-7-15(17(20)21)22-14-11-6-5-10-13(14)18-16(19)12-8-3-4-9-12/h5-6,10-12,15H,2-4,7-9H2,1H3,(H,18,19)(H,20,21). The highest BCUT2D eigenvalue weighted by molar-refractivity contribution is 8.00. The third kappa shape index (κ3) is 4.50. The van der Waals surface area contributed by atoms with E-state index in [-0.39, 0.29) is 11.8 Å². The molecule has 0 aromatic heterocycles. The molecule has 2 rings (SSSR count). The normalized spacial score (nSPS) is 16.4. The van der Waals surface area contributed by atoms with Crippen LogP contribution in [0.1, 0.15) is 45.4 Å². The zero-order valence-electron chi connectivity index (χ0n) is 12.9. The minimum Gasteiger partial charge on any atom is -0.480 e. The molecule has 120 valence electrons. The van der Waals surface area contributed by atoms with Gasteiger partial charge in [0.1, 0.15) is 5.25 Å². The molecule has 4 nitrogen and oxygen atoms in total. The monoisotopic (exact) mass is 321 g/mol. The van der Waals surface area contributed by atoms with Gasteiger partial charge in [-0.15, -0.1) is 11.8 Å².